The number of aromatic nitrogens is 2. The fraction of sp³-hybridized carbons (Fsp3) is 0.111. The number of benzene rings is 2. The minimum absolute atomic E-state index is 0.0420. The number of methoxy groups -OCH3 is 1. The molecule has 0 fully saturated rings. The monoisotopic (exact) mass is 335 g/mol. The molecular formula is C18H17N5O2. The molecule has 126 valence electrons. The molecular weight excluding hydrogens is 318 g/mol. The molecule has 0 aliphatic heterocycles. The van der Waals surface area contributed by atoms with Gasteiger partial charge in [-0.3, -0.25) is 15.4 Å². The van der Waals surface area contributed by atoms with Gasteiger partial charge in [0.2, 0.25) is 5.62 Å². The Hall–Kier alpha value is -3.48. The molecule has 0 unspecified atom stereocenters. The molecule has 2 N–H and O–H groups in total. The number of fused-ring (bicyclic) bond motifs is 1. The number of nitrogens with zero attached hydrogens (tertiary/aromatic N) is 3. The summed E-state index contributed by atoms with van der Waals surface area (Å²) >= 11 is 0. The Kier molecular flexibility index (Phi) is 4.30. The van der Waals surface area contributed by atoms with E-state index in [1.165, 1.54) is 11.7 Å². The van der Waals surface area contributed by atoms with E-state index in [0.717, 1.165) is 17.4 Å². The molecule has 3 aromatic rings. The average Bonchev–Trinajstić information content (AvgIpc) is 2.66. The Morgan fingerprint density at radius 3 is 2.72 bits per heavy atom. The number of ether oxygens (including phenoxy) is 1. The third-order valence-electron chi connectivity index (χ3n) is 3.95. The van der Waals surface area contributed by atoms with E-state index in [9.17, 15) is 4.79 Å². The van der Waals surface area contributed by atoms with Gasteiger partial charge in [0.05, 0.1) is 24.5 Å². The van der Waals surface area contributed by atoms with E-state index >= 15 is 0 Å². The van der Waals surface area contributed by atoms with Crippen LogP contribution in [0.25, 0.3) is 10.9 Å². The zero-order valence-electron chi connectivity index (χ0n) is 13.9. The van der Waals surface area contributed by atoms with Crippen molar-refractivity contribution < 1.29 is 9.53 Å². The predicted molar refractivity (Wildman–Crippen MR) is 95.6 cm³/mol. The first kappa shape index (κ1) is 16.4. The second-order valence-electron chi connectivity index (χ2n) is 5.38. The van der Waals surface area contributed by atoms with Crippen LogP contribution in [0.5, 0.6) is 0 Å². The quantitative estimate of drug-likeness (QED) is 0.435. The van der Waals surface area contributed by atoms with E-state index in [1.54, 1.807) is 23.1 Å². The fourth-order valence-electron chi connectivity index (χ4n) is 2.67. The summed E-state index contributed by atoms with van der Waals surface area (Å²) in [4.78, 5) is 17.9. The first-order chi connectivity index (χ1) is 12.1. The summed E-state index contributed by atoms with van der Waals surface area (Å²) in [6.07, 6.45) is 1.07. The van der Waals surface area contributed by atoms with Gasteiger partial charge in [0.25, 0.3) is 0 Å². The fourth-order valence-corrected chi connectivity index (χ4v) is 2.67. The molecule has 0 saturated heterocycles. The van der Waals surface area contributed by atoms with E-state index in [0.29, 0.717) is 16.9 Å². The summed E-state index contributed by atoms with van der Waals surface area (Å²) in [5.74, 6) is 0.157. The smallest absolute Gasteiger partial charge is 0.337 e. The Labute approximate surface area is 144 Å². The molecule has 0 radical (unpaired) electrons. The van der Waals surface area contributed by atoms with Crippen LogP contribution in [0.3, 0.4) is 0 Å². The molecule has 2 aromatic carbocycles. The highest BCUT2D eigenvalue weighted by Crippen LogP contribution is 2.28. The van der Waals surface area contributed by atoms with Crippen LogP contribution in [0.1, 0.15) is 10.4 Å². The number of nitrogens with one attached hydrogen (secondary N) is 2. The summed E-state index contributed by atoms with van der Waals surface area (Å²) in [6.45, 7) is 0. The lowest BCUT2D eigenvalue weighted by Crippen LogP contribution is -2.26. The van der Waals surface area contributed by atoms with Gasteiger partial charge in [-0.15, -0.1) is 0 Å². The third-order valence-corrected chi connectivity index (χ3v) is 3.95. The summed E-state index contributed by atoms with van der Waals surface area (Å²) in [5, 5.41) is 16.4. The summed E-state index contributed by atoms with van der Waals surface area (Å²) < 4.78 is 6.17. The maximum absolute atomic E-state index is 11.8. The standard InChI is InChI=1S/C18H17N5O2/c1-22(13-7-5-6-12(10-13)17(24)25-2)16-14-8-3-4-9-15(14)23(11-19)18(20)21-16/h3-11,19-20H,1-2H3. The average molecular weight is 335 g/mol. The van der Waals surface area contributed by atoms with Gasteiger partial charge in [0.15, 0.2) is 0 Å². The van der Waals surface area contributed by atoms with E-state index in [2.05, 4.69) is 4.98 Å². The van der Waals surface area contributed by atoms with Crippen LogP contribution in [0.15, 0.2) is 48.5 Å². The molecule has 0 amide bonds. The van der Waals surface area contributed by atoms with Gasteiger partial charge in [-0.25, -0.2) is 4.79 Å². The number of carbonyl (C=O) groups excluding carboxylic acids is 1. The normalized spacial score (nSPS) is 10.5. The Morgan fingerprint density at radius 1 is 1.24 bits per heavy atom. The minimum atomic E-state index is -0.413. The molecule has 1 heterocycles. The first-order valence-corrected chi connectivity index (χ1v) is 7.55. The first-order valence-electron chi connectivity index (χ1n) is 7.55. The number of para-hydroxylation sites is 1. The van der Waals surface area contributed by atoms with Crippen molar-refractivity contribution in [1.29, 1.82) is 10.8 Å². The molecule has 0 aliphatic carbocycles. The number of rotatable bonds is 4. The van der Waals surface area contributed by atoms with Crippen LogP contribution in [0.2, 0.25) is 0 Å². The lowest BCUT2D eigenvalue weighted by Gasteiger charge is -2.21. The SMILES string of the molecule is COC(=O)c1cccc(N(C)c2nc(=N)n(C=N)c3ccccc23)c1. The van der Waals surface area contributed by atoms with Gasteiger partial charge in [0, 0.05) is 18.1 Å². The van der Waals surface area contributed by atoms with E-state index in [-0.39, 0.29) is 5.62 Å². The van der Waals surface area contributed by atoms with Gasteiger partial charge in [-0.2, -0.15) is 4.98 Å². The van der Waals surface area contributed by atoms with Crippen LogP contribution in [-0.4, -0.2) is 36.0 Å². The second-order valence-corrected chi connectivity index (χ2v) is 5.38. The number of anilines is 2. The highest BCUT2D eigenvalue weighted by molar-refractivity contribution is 5.95. The number of hydrogen-bond acceptors (Lipinski definition) is 6. The summed E-state index contributed by atoms with van der Waals surface area (Å²) in [6, 6.07) is 14.5. The molecule has 25 heavy (non-hydrogen) atoms. The van der Waals surface area contributed by atoms with Crippen molar-refractivity contribution in [2.75, 3.05) is 19.1 Å². The molecule has 0 saturated carbocycles. The number of esters is 1. The molecule has 0 spiro atoms. The van der Waals surface area contributed by atoms with Crippen molar-refractivity contribution in [3.05, 3.63) is 59.7 Å². The Morgan fingerprint density at radius 2 is 2.00 bits per heavy atom. The van der Waals surface area contributed by atoms with Crippen molar-refractivity contribution in [2.24, 2.45) is 0 Å². The van der Waals surface area contributed by atoms with Crippen molar-refractivity contribution >= 4 is 34.7 Å². The molecule has 7 heteroatoms. The van der Waals surface area contributed by atoms with E-state index in [4.69, 9.17) is 15.6 Å². The lowest BCUT2D eigenvalue weighted by molar-refractivity contribution is 0.0601. The highest BCUT2D eigenvalue weighted by atomic mass is 16.5. The van der Waals surface area contributed by atoms with Gasteiger partial charge in [-0.1, -0.05) is 18.2 Å². The van der Waals surface area contributed by atoms with Crippen molar-refractivity contribution in [3.8, 4) is 0 Å². The van der Waals surface area contributed by atoms with E-state index < -0.39 is 5.97 Å². The maximum atomic E-state index is 11.8. The predicted octanol–water partition coefficient (Wildman–Crippen LogP) is 2.53. The van der Waals surface area contributed by atoms with Crippen LogP contribution >= 0.6 is 0 Å². The van der Waals surface area contributed by atoms with Crippen LogP contribution < -0.4 is 10.5 Å². The Balaban J connectivity index is 2.18. The Bertz CT molecular complexity index is 1030. The van der Waals surface area contributed by atoms with Crippen molar-refractivity contribution in [3.63, 3.8) is 0 Å². The van der Waals surface area contributed by atoms with Gasteiger partial charge >= 0.3 is 5.97 Å². The molecule has 0 aliphatic rings. The van der Waals surface area contributed by atoms with Crippen molar-refractivity contribution in [2.45, 2.75) is 0 Å². The van der Waals surface area contributed by atoms with Gasteiger partial charge in [-0.05, 0) is 30.3 Å². The zero-order valence-corrected chi connectivity index (χ0v) is 13.9. The maximum Gasteiger partial charge on any atom is 0.337 e. The van der Waals surface area contributed by atoms with Crippen LogP contribution in [0, 0.1) is 10.8 Å². The minimum Gasteiger partial charge on any atom is -0.465 e. The van der Waals surface area contributed by atoms with Gasteiger partial charge in [0.1, 0.15) is 5.82 Å². The highest BCUT2D eigenvalue weighted by Gasteiger charge is 2.14. The summed E-state index contributed by atoms with van der Waals surface area (Å²) in [7, 11) is 3.16. The van der Waals surface area contributed by atoms with Crippen LogP contribution in [-0.2, 0) is 4.74 Å². The number of hydrogen-bond donors (Lipinski definition) is 2. The second kappa shape index (κ2) is 6.56. The third kappa shape index (κ3) is 2.87. The molecule has 0 atom stereocenters. The largest absolute Gasteiger partial charge is 0.465 e. The number of carbonyl (C=O) groups is 1. The molecule has 0 bridgehead atoms. The lowest BCUT2D eigenvalue weighted by atomic mass is 10.1. The molecule has 1 aromatic heterocycles. The topological polar surface area (TPSA) is 95.1 Å². The van der Waals surface area contributed by atoms with Crippen molar-refractivity contribution in [1.82, 2.24) is 9.55 Å². The molecule has 3 rings (SSSR count). The van der Waals surface area contributed by atoms with Gasteiger partial charge < -0.3 is 9.64 Å². The summed E-state index contributed by atoms with van der Waals surface area (Å²) in [5.41, 5.74) is 1.85. The zero-order chi connectivity index (χ0) is 18.0. The van der Waals surface area contributed by atoms with Crippen LogP contribution in [0.4, 0.5) is 11.5 Å². The van der Waals surface area contributed by atoms with E-state index in [1.807, 2.05) is 37.4 Å². The molecule has 7 nitrogen and oxygen atoms in total.